The summed E-state index contributed by atoms with van der Waals surface area (Å²) in [7, 11) is 0. The number of benzene rings is 2. The fourth-order valence-electron chi connectivity index (χ4n) is 1.31. The Morgan fingerprint density at radius 1 is 1.06 bits per heavy atom. The third-order valence-electron chi connectivity index (χ3n) is 2.16. The highest BCUT2D eigenvalue weighted by atomic mass is 127. The zero-order valence-electron chi connectivity index (χ0n) is 8.76. The molecule has 3 nitrogen and oxygen atoms in total. The van der Waals surface area contributed by atoms with Crippen molar-refractivity contribution in [2.24, 2.45) is 0 Å². The zero-order chi connectivity index (χ0) is 12.3. The number of phenolic OH excluding ortho intramolecular Hbond substituents is 1. The van der Waals surface area contributed by atoms with Crippen LogP contribution in [0.2, 0.25) is 0 Å². The predicted octanol–water partition coefficient (Wildman–Crippen LogP) is 3.22. The van der Waals surface area contributed by atoms with Crippen molar-refractivity contribution >= 4 is 28.6 Å². The van der Waals surface area contributed by atoms with Crippen LogP contribution in [-0.4, -0.2) is 11.1 Å². The van der Waals surface area contributed by atoms with E-state index < -0.39 is 5.97 Å². The molecule has 0 unspecified atom stereocenters. The molecule has 0 fully saturated rings. The van der Waals surface area contributed by atoms with Crippen LogP contribution in [0.3, 0.4) is 0 Å². The molecule has 0 amide bonds. The lowest BCUT2D eigenvalue weighted by atomic mass is 10.2. The van der Waals surface area contributed by atoms with E-state index in [9.17, 15) is 9.90 Å². The molecule has 2 rings (SSSR count). The lowest BCUT2D eigenvalue weighted by Gasteiger charge is -2.07. The van der Waals surface area contributed by atoms with Gasteiger partial charge in [0.05, 0.1) is 9.13 Å². The first-order valence-electron chi connectivity index (χ1n) is 4.93. The van der Waals surface area contributed by atoms with E-state index in [4.69, 9.17) is 4.74 Å². The number of carbonyl (C=O) groups is 1. The molecule has 0 saturated carbocycles. The van der Waals surface area contributed by atoms with Crippen molar-refractivity contribution in [3.05, 3.63) is 57.7 Å². The minimum Gasteiger partial charge on any atom is -0.507 e. The molecule has 0 radical (unpaired) electrons. The van der Waals surface area contributed by atoms with Gasteiger partial charge in [0.1, 0.15) is 11.5 Å². The first-order chi connectivity index (χ1) is 8.18. The van der Waals surface area contributed by atoms with Crippen molar-refractivity contribution in [2.45, 2.75) is 0 Å². The predicted molar refractivity (Wildman–Crippen MR) is 72.2 cm³/mol. The molecule has 4 heteroatoms. The van der Waals surface area contributed by atoms with Gasteiger partial charge in [-0.15, -0.1) is 0 Å². The summed E-state index contributed by atoms with van der Waals surface area (Å²) in [4.78, 5) is 11.8. The van der Waals surface area contributed by atoms with E-state index in [1.54, 1.807) is 42.5 Å². The lowest BCUT2D eigenvalue weighted by Crippen LogP contribution is -2.08. The van der Waals surface area contributed by atoms with Crippen LogP contribution in [0.4, 0.5) is 0 Å². The van der Waals surface area contributed by atoms with Gasteiger partial charge in [0.2, 0.25) is 0 Å². The summed E-state index contributed by atoms with van der Waals surface area (Å²) < 4.78 is 5.73. The van der Waals surface area contributed by atoms with Crippen LogP contribution in [0.5, 0.6) is 11.5 Å². The number of hydrogen-bond acceptors (Lipinski definition) is 3. The fraction of sp³-hybridized carbons (Fsp3) is 0. The highest BCUT2D eigenvalue weighted by Gasteiger charge is 2.11. The molecular weight excluding hydrogens is 331 g/mol. The number of aromatic hydroxyl groups is 1. The summed E-state index contributed by atoms with van der Waals surface area (Å²) in [6, 6.07) is 13.5. The summed E-state index contributed by atoms with van der Waals surface area (Å²) in [5, 5.41) is 9.48. The summed E-state index contributed by atoms with van der Waals surface area (Å²) in [5.74, 6) is 0.0255. The van der Waals surface area contributed by atoms with Crippen molar-refractivity contribution < 1.29 is 14.6 Å². The van der Waals surface area contributed by atoms with Gasteiger partial charge in [-0.1, -0.05) is 24.3 Å². The van der Waals surface area contributed by atoms with Gasteiger partial charge in [-0.3, -0.25) is 0 Å². The van der Waals surface area contributed by atoms with E-state index in [2.05, 4.69) is 0 Å². The van der Waals surface area contributed by atoms with Gasteiger partial charge in [-0.05, 0) is 46.9 Å². The standard InChI is InChI=1S/C13H9IO3/c14-12-10(15)7-4-8-11(12)17-13(16)9-5-2-1-3-6-9/h1-8,15H. The van der Waals surface area contributed by atoms with E-state index in [1.165, 1.54) is 0 Å². The number of carbonyl (C=O) groups excluding carboxylic acids is 1. The monoisotopic (exact) mass is 340 g/mol. The largest absolute Gasteiger partial charge is 0.507 e. The molecule has 0 saturated heterocycles. The summed E-state index contributed by atoms with van der Waals surface area (Å²) in [5.41, 5.74) is 0.478. The maximum absolute atomic E-state index is 11.8. The molecule has 0 spiro atoms. The average Bonchev–Trinajstić information content (AvgIpc) is 2.36. The van der Waals surface area contributed by atoms with Crippen LogP contribution in [0.1, 0.15) is 10.4 Å². The number of phenols is 1. The van der Waals surface area contributed by atoms with Crippen molar-refractivity contribution in [1.82, 2.24) is 0 Å². The van der Waals surface area contributed by atoms with Gasteiger partial charge in [-0.2, -0.15) is 0 Å². The van der Waals surface area contributed by atoms with E-state index in [0.717, 1.165) is 0 Å². The van der Waals surface area contributed by atoms with Crippen molar-refractivity contribution in [2.75, 3.05) is 0 Å². The maximum Gasteiger partial charge on any atom is 0.343 e. The van der Waals surface area contributed by atoms with E-state index >= 15 is 0 Å². The third kappa shape index (κ3) is 2.76. The van der Waals surface area contributed by atoms with Gasteiger partial charge in [-0.25, -0.2) is 4.79 Å². The van der Waals surface area contributed by atoms with E-state index in [1.807, 2.05) is 28.7 Å². The number of hydrogen-bond donors (Lipinski definition) is 1. The van der Waals surface area contributed by atoms with Crippen molar-refractivity contribution in [3.63, 3.8) is 0 Å². The molecule has 0 aliphatic carbocycles. The molecule has 17 heavy (non-hydrogen) atoms. The number of ether oxygens (including phenoxy) is 1. The molecule has 2 aromatic carbocycles. The highest BCUT2D eigenvalue weighted by molar-refractivity contribution is 14.1. The Kier molecular flexibility index (Phi) is 3.63. The smallest absolute Gasteiger partial charge is 0.343 e. The molecule has 0 atom stereocenters. The Balaban J connectivity index is 2.22. The quantitative estimate of drug-likeness (QED) is 0.519. The Morgan fingerprint density at radius 2 is 1.76 bits per heavy atom. The Morgan fingerprint density at radius 3 is 2.47 bits per heavy atom. The van der Waals surface area contributed by atoms with Gasteiger partial charge < -0.3 is 9.84 Å². The van der Waals surface area contributed by atoms with Crippen molar-refractivity contribution in [1.29, 1.82) is 0 Å². The van der Waals surface area contributed by atoms with Gasteiger partial charge >= 0.3 is 5.97 Å². The molecule has 0 heterocycles. The Labute approximate surface area is 112 Å². The number of halogens is 1. The van der Waals surface area contributed by atoms with Gasteiger partial charge in [0.15, 0.2) is 0 Å². The normalized spacial score (nSPS) is 9.94. The van der Waals surface area contributed by atoms with Crippen LogP contribution in [0, 0.1) is 3.57 Å². The van der Waals surface area contributed by atoms with Gasteiger partial charge in [0, 0.05) is 0 Å². The lowest BCUT2D eigenvalue weighted by molar-refractivity contribution is 0.0733. The second-order valence-electron chi connectivity index (χ2n) is 3.34. The van der Waals surface area contributed by atoms with Crippen molar-refractivity contribution in [3.8, 4) is 11.5 Å². The Hall–Kier alpha value is -1.56. The molecule has 0 aliphatic heterocycles. The highest BCUT2D eigenvalue weighted by Crippen LogP contribution is 2.29. The third-order valence-corrected chi connectivity index (χ3v) is 3.24. The first-order valence-corrected chi connectivity index (χ1v) is 6.01. The average molecular weight is 340 g/mol. The van der Waals surface area contributed by atoms with Crippen LogP contribution >= 0.6 is 22.6 Å². The second-order valence-corrected chi connectivity index (χ2v) is 4.42. The molecule has 2 aromatic rings. The molecule has 0 bridgehead atoms. The van der Waals surface area contributed by atoms with Crippen LogP contribution in [0.25, 0.3) is 0 Å². The van der Waals surface area contributed by atoms with E-state index in [0.29, 0.717) is 14.9 Å². The molecule has 86 valence electrons. The summed E-state index contributed by atoms with van der Waals surface area (Å²) in [6.07, 6.45) is 0. The molecular formula is C13H9IO3. The van der Waals surface area contributed by atoms with Crippen LogP contribution < -0.4 is 4.74 Å². The fourth-order valence-corrected chi connectivity index (χ4v) is 1.78. The minimum absolute atomic E-state index is 0.101. The molecule has 0 aromatic heterocycles. The van der Waals surface area contributed by atoms with Crippen LogP contribution in [-0.2, 0) is 0 Å². The maximum atomic E-state index is 11.8. The minimum atomic E-state index is -0.436. The molecule has 1 N–H and O–H groups in total. The first kappa shape index (κ1) is 11.9. The topological polar surface area (TPSA) is 46.5 Å². The summed E-state index contributed by atoms with van der Waals surface area (Å²) >= 11 is 1.93. The number of rotatable bonds is 2. The second kappa shape index (κ2) is 5.18. The Bertz CT molecular complexity index is 538. The molecule has 0 aliphatic rings. The van der Waals surface area contributed by atoms with E-state index in [-0.39, 0.29) is 5.75 Å². The summed E-state index contributed by atoms with van der Waals surface area (Å²) in [6.45, 7) is 0. The SMILES string of the molecule is O=C(Oc1cccc(O)c1I)c1ccccc1. The van der Waals surface area contributed by atoms with Gasteiger partial charge in [0.25, 0.3) is 0 Å². The number of esters is 1. The zero-order valence-corrected chi connectivity index (χ0v) is 10.9. The van der Waals surface area contributed by atoms with Crippen LogP contribution in [0.15, 0.2) is 48.5 Å².